The van der Waals surface area contributed by atoms with Crippen LogP contribution in [0.3, 0.4) is 0 Å². The van der Waals surface area contributed by atoms with Gasteiger partial charge >= 0.3 is 6.03 Å². The normalized spacial score (nSPS) is 8.79. The van der Waals surface area contributed by atoms with Crippen LogP contribution in [0.15, 0.2) is 18.3 Å². The van der Waals surface area contributed by atoms with Crippen molar-refractivity contribution in [3.63, 3.8) is 0 Å². The van der Waals surface area contributed by atoms with Crippen LogP contribution in [0.25, 0.3) is 0 Å². The number of urea groups is 1. The van der Waals surface area contributed by atoms with E-state index in [2.05, 4.69) is 4.98 Å². The second kappa shape index (κ2) is 4.00. The van der Waals surface area contributed by atoms with Crippen molar-refractivity contribution in [2.24, 2.45) is 5.73 Å². The van der Waals surface area contributed by atoms with Crippen LogP contribution in [0.4, 0.5) is 4.79 Å². The Morgan fingerprint density at radius 3 is 2.64 bits per heavy atom. The molecule has 0 aromatic carbocycles. The van der Waals surface area contributed by atoms with Crippen LogP contribution >= 0.6 is 0 Å². The third kappa shape index (κ3) is 2.28. The molecule has 3 amide bonds. The van der Waals surface area contributed by atoms with E-state index in [1.807, 2.05) is 11.4 Å². The smallest absolute Gasteiger partial charge is 0.319 e. The lowest BCUT2D eigenvalue weighted by atomic mass is 10.2. The van der Waals surface area contributed by atoms with Crippen molar-refractivity contribution in [1.82, 2.24) is 10.3 Å². The maximum atomic E-state index is 11.1. The van der Waals surface area contributed by atoms with Crippen LogP contribution in [0.5, 0.6) is 0 Å². The number of pyridine rings is 1. The van der Waals surface area contributed by atoms with Gasteiger partial charge in [-0.2, -0.15) is 5.26 Å². The van der Waals surface area contributed by atoms with Gasteiger partial charge in [-0.3, -0.25) is 10.1 Å². The Bertz CT molecular complexity index is 404. The minimum absolute atomic E-state index is 0.0304. The van der Waals surface area contributed by atoms with Gasteiger partial charge in [0.15, 0.2) is 0 Å². The van der Waals surface area contributed by atoms with Gasteiger partial charge in [-0.05, 0) is 12.1 Å². The standard InChI is InChI=1S/C8H6N4O2/c9-3-5-1-2-6(11-4-5)7(13)12-8(10)14/h1-2,4H,(H3,10,12,13,14). The molecule has 1 heterocycles. The summed E-state index contributed by atoms with van der Waals surface area (Å²) in [5, 5.41) is 10.3. The molecule has 0 fully saturated rings. The van der Waals surface area contributed by atoms with Gasteiger partial charge in [-0.1, -0.05) is 0 Å². The topological polar surface area (TPSA) is 109 Å². The zero-order valence-corrected chi connectivity index (χ0v) is 7.02. The van der Waals surface area contributed by atoms with Crippen LogP contribution in [0.1, 0.15) is 16.1 Å². The Hall–Kier alpha value is -2.42. The lowest BCUT2D eigenvalue weighted by Gasteiger charge is -1.98. The number of carbonyl (C=O) groups excluding carboxylic acids is 2. The first-order valence-electron chi connectivity index (χ1n) is 3.60. The fourth-order valence-corrected chi connectivity index (χ4v) is 0.770. The number of amides is 3. The Balaban J connectivity index is 2.83. The van der Waals surface area contributed by atoms with E-state index in [1.54, 1.807) is 0 Å². The number of nitrogens with zero attached hydrogens (tertiary/aromatic N) is 2. The highest BCUT2D eigenvalue weighted by molar-refractivity contribution is 6.02. The number of nitrogens with two attached hydrogens (primary N) is 1. The second-order valence-corrected chi connectivity index (χ2v) is 2.36. The predicted octanol–water partition coefficient (Wildman–Crippen LogP) is -0.238. The molecule has 3 N–H and O–H groups in total. The molecule has 1 aromatic heterocycles. The molecule has 1 rings (SSSR count). The van der Waals surface area contributed by atoms with Crippen molar-refractivity contribution in [3.05, 3.63) is 29.6 Å². The molecule has 0 bridgehead atoms. The van der Waals surface area contributed by atoms with Crippen molar-refractivity contribution in [3.8, 4) is 6.07 Å². The molecule has 0 aliphatic carbocycles. The zero-order chi connectivity index (χ0) is 10.6. The molecule has 0 aliphatic heterocycles. The van der Waals surface area contributed by atoms with Crippen molar-refractivity contribution in [2.75, 3.05) is 0 Å². The lowest BCUT2D eigenvalue weighted by molar-refractivity contribution is 0.0961. The van der Waals surface area contributed by atoms with E-state index in [0.717, 1.165) is 0 Å². The van der Waals surface area contributed by atoms with E-state index in [1.165, 1.54) is 18.3 Å². The molecule has 0 saturated carbocycles. The highest BCUT2D eigenvalue weighted by Gasteiger charge is 2.08. The summed E-state index contributed by atoms with van der Waals surface area (Å²) in [5.74, 6) is -0.693. The molecule has 6 nitrogen and oxygen atoms in total. The molecule has 0 radical (unpaired) electrons. The summed E-state index contributed by atoms with van der Waals surface area (Å²) < 4.78 is 0. The fourth-order valence-electron chi connectivity index (χ4n) is 0.770. The van der Waals surface area contributed by atoms with Crippen molar-refractivity contribution < 1.29 is 9.59 Å². The maximum absolute atomic E-state index is 11.1. The first-order chi connectivity index (χ1) is 6.63. The van der Waals surface area contributed by atoms with Gasteiger partial charge in [0.2, 0.25) is 0 Å². The summed E-state index contributed by atoms with van der Waals surface area (Å²) in [4.78, 5) is 25.1. The van der Waals surface area contributed by atoms with Crippen LogP contribution in [-0.4, -0.2) is 16.9 Å². The Morgan fingerprint density at radius 1 is 1.50 bits per heavy atom. The minimum atomic E-state index is -0.943. The molecule has 0 unspecified atom stereocenters. The number of rotatable bonds is 1. The summed E-state index contributed by atoms with van der Waals surface area (Å²) in [6.45, 7) is 0. The monoisotopic (exact) mass is 190 g/mol. The van der Waals surface area contributed by atoms with Crippen LogP contribution < -0.4 is 11.1 Å². The highest BCUT2D eigenvalue weighted by Crippen LogP contribution is 1.98. The molecule has 6 heteroatoms. The SMILES string of the molecule is N#Cc1ccc(C(=O)NC(N)=O)nc1. The molecular formula is C8H6N4O2. The van der Waals surface area contributed by atoms with Gasteiger partial charge in [-0.25, -0.2) is 9.78 Å². The molecule has 0 saturated heterocycles. The first kappa shape index (κ1) is 9.67. The summed E-state index contributed by atoms with van der Waals surface area (Å²) in [6, 6.07) is 3.65. The van der Waals surface area contributed by atoms with Crippen LogP contribution in [-0.2, 0) is 0 Å². The van der Waals surface area contributed by atoms with Crippen LogP contribution in [0.2, 0.25) is 0 Å². The molecule has 0 aliphatic rings. The first-order valence-corrected chi connectivity index (χ1v) is 3.60. The number of nitriles is 1. The Labute approximate surface area is 79.4 Å². The van der Waals surface area contributed by atoms with Gasteiger partial charge in [-0.15, -0.1) is 0 Å². The maximum Gasteiger partial charge on any atom is 0.319 e. The average Bonchev–Trinajstić information content (AvgIpc) is 2.17. The predicted molar refractivity (Wildman–Crippen MR) is 46.0 cm³/mol. The largest absolute Gasteiger partial charge is 0.351 e. The number of aromatic nitrogens is 1. The number of hydrogen-bond donors (Lipinski definition) is 2. The van der Waals surface area contributed by atoms with E-state index in [-0.39, 0.29) is 5.69 Å². The number of hydrogen-bond acceptors (Lipinski definition) is 4. The quantitative estimate of drug-likeness (QED) is 0.636. The molecular weight excluding hydrogens is 184 g/mol. The minimum Gasteiger partial charge on any atom is -0.351 e. The molecule has 14 heavy (non-hydrogen) atoms. The number of primary amides is 1. The molecule has 0 spiro atoms. The van der Waals surface area contributed by atoms with E-state index in [0.29, 0.717) is 5.56 Å². The number of nitrogens with one attached hydrogen (secondary N) is 1. The highest BCUT2D eigenvalue weighted by atomic mass is 16.2. The van der Waals surface area contributed by atoms with Gasteiger partial charge in [0.1, 0.15) is 11.8 Å². The fraction of sp³-hybridized carbons (Fsp3) is 0. The van der Waals surface area contributed by atoms with Crippen molar-refractivity contribution in [2.45, 2.75) is 0 Å². The van der Waals surface area contributed by atoms with Crippen LogP contribution in [0, 0.1) is 11.3 Å². The summed E-state index contributed by atoms with van der Waals surface area (Å²) in [6.07, 6.45) is 1.23. The molecule has 1 aromatic rings. The van der Waals surface area contributed by atoms with E-state index >= 15 is 0 Å². The third-order valence-corrected chi connectivity index (χ3v) is 1.36. The lowest BCUT2D eigenvalue weighted by Crippen LogP contribution is -2.35. The zero-order valence-electron chi connectivity index (χ0n) is 7.02. The average molecular weight is 190 g/mol. The Morgan fingerprint density at radius 2 is 2.21 bits per heavy atom. The molecule has 0 atom stereocenters. The second-order valence-electron chi connectivity index (χ2n) is 2.36. The summed E-state index contributed by atoms with van der Waals surface area (Å²) >= 11 is 0. The van der Waals surface area contributed by atoms with Gasteiger partial charge in [0.25, 0.3) is 5.91 Å². The van der Waals surface area contributed by atoms with E-state index < -0.39 is 11.9 Å². The van der Waals surface area contributed by atoms with Crippen molar-refractivity contribution in [1.29, 1.82) is 5.26 Å². The van der Waals surface area contributed by atoms with Gasteiger partial charge in [0.05, 0.1) is 5.56 Å². The van der Waals surface area contributed by atoms with Gasteiger partial charge < -0.3 is 5.73 Å². The third-order valence-electron chi connectivity index (χ3n) is 1.36. The summed E-state index contributed by atoms with van der Waals surface area (Å²) in [5.41, 5.74) is 5.10. The van der Waals surface area contributed by atoms with Crippen molar-refractivity contribution >= 4 is 11.9 Å². The number of imide groups is 1. The molecule has 70 valence electrons. The van der Waals surface area contributed by atoms with E-state index in [9.17, 15) is 9.59 Å². The van der Waals surface area contributed by atoms with Gasteiger partial charge in [0, 0.05) is 6.20 Å². The van der Waals surface area contributed by atoms with E-state index in [4.69, 9.17) is 11.0 Å². The Kier molecular flexibility index (Phi) is 2.76. The summed E-state index contributed by atoms with van der Waals surface area (Å²) in [7, 11) is 0. The number of carbonyl (C=O) groups is 2.